The summed E-state index contributed by atoms with van der Waals surface area (Å²) in [5, 5.41) is 2.86. The number of carbonyl (C=O) groups excluding carboxylic acids is 2. The first kappa shape index (κ1) is 16.8. The highest BCUT2D eigenvalue weighted by molar-refractivity contribution is 5.72. The summed E-state index contributed by atoms with van der Waals surface area (Å²) in [7, 11) is 1.40. The largest absolute Gasteiger partial charge is 0.469 e. The highest BCUT2D eigenvalue weighted by Crippen LogP contribution is 2.13. The molecule has 1 aliphatic rings. The Kier molecular flexibility index (Phi) is 5.80. The first-order valence-corrected chi connectivity index (χ1v) is 7.01. The van der Waals surface area contributed by atoms with Gasteiger partial charge in [-0.1, -0.05) is 6.92 Å². The Morgan fingerprint density at radius 2 is 2.05 bits per heavy atom. The Morgan fingerprint density at radius 1 is 1.40 bits per heavy atom. The number of esters is 1. The molecule has 116 valence electrons. The van der Waals surface area contributed by atoms with E-state index >= 15 is 0 Å². The maximum Gasteiger partial charge on any atom is 0.407 e. The lowest BCUT2D eigenvalue weighted by atomic mass is 10.2. The molecule has 0 unspecified atom stereocenters. The highest BCUT2D eigenvalue weighted by atomic mass is 16.6. The summed E-state index contributed by atoms with van der Waals surface area (Å²) in [4.78, 5) is 25.2. The minimum atomic E-state index is -0.484. The standard InChI is InChI=1S/C14H26N2O4/c1-10(12(17)19-5)8-16-7-6-11(9-16)15-13(18)20-14(2,3)4/h10-11H,6-9H2,1-5H3,(H,15,18)/t10-,11-/m1/s1. The number of nitrogens with zero attached hydrogens (tertiary/aromatic N) is 1. The summed E-state index contributed by atoms with van der Waals surface area (Å²) in [5.41, 5.74) is -0.484. The van der Waals surface area contributed by atoms with E-state index in [4.69, 9.17) is 9.47 Å². The Bertz CT molecular complexity index is 352. The summed E-state index contributed by atoms with van der Waals surface area (Å²) >= 11 is 0. The van der Waals surface area contributed by atoms with Crippen LogP contribution in [0.3, 0.4) is 0 Å². The fourth-order valence-corrected chi connectivity index (χ4v) is 2.25. The van der Waals surface area contributed by atoms with Crippen LogP contribution in [0.1, 0.15) is 34.1 Å². The minimum Gasteiger partial charge on any atom is -0.469 e. The number of likely N-dealkylation sites (tertiary alicyclic amines) is 1. The SMILES string of the molecule is COC(=O)[C@H](C)CN1CC[C@@H](NC(=O)OC(C)(C)C)C1. The molecule has 1 N–H and O–H groups in total. The zero-order chi connectivity index (χ0) is 15.3. The molecule has 0 saturated carbocycles. The Morgan fingerprint density at radius 3 is 2.60 bits per heavy atom. The summed E-state index contributed by atoms with van der Waals surface area (Å²) in [6.07, 6.45) is 0.484. The van der Waals surface area contributed by atoms with Crippen LogP contribution in [0.2, 0.25) is 0 Å². The fraction of sp³-hybridized carbons (Fsp3) is 0.857. The van der Waals surface area contributed by atoms with Gasteiger partial charge in [0.05, 0.1) is 13.0 Å². The van der Waals surface area contributed by atoms with Crippen molar-refractivity contribution in [1.82, 2.24) is 10.2 Å². The second-order valence-corrected chi connectivity index (χ2v) is 6.32. The first-order chi connectivity index (χ1) is 9.21. The van der Waals surface area contributed by atoms with Gasteiger partial charge in [0, 0.05) is 25.7 Å². The molecule has 0 radical (unpaired) electrons. The predicted molar refractivity (Wildman–Crippen MR) is 75.4 cm³/mol. The molecule has 0 bridgehead atoms. The van der Waals surface area contributed by atoms with Gasteiger partial charge in [-0.3, -0.25) is 4.79 Å². The zero-order valence-electron chi connectivity index (χ0n) is 13.1. The molecular weight excluding hydrogens is 260 g/mol. The lowest BCUT2D eigenvalue weighted by Crippen LogP contribution is -2.41. The van der Waals surface area contributed by atoms with Crippen molar-refractivity contribution in [2.24, 2.45) is 5.92 Å². The summed E-state index contributed by atoms with van der Waals surface area (Å²) in [6, 6.07) is 0.0784. The summed E-state index contributed by atoms with van der Waals surface area (Å²) < 4.78 is 9.94. The topological polar surface area (TPSA) is 67.9 Å². The van der Waals surface area contributed by atoms with Gasteiger partial charge in [-0.15, -0.1) is 0 Å². The van der Waals surface area contributed by atoms with Crippen molar-refractivity contribution in [3.8, 4) is 0 Å². The molecule has 1 fully saturated rings. The molecule has 0 spiro atoms. The summed E-state index contributed by atoms with van der Waals surface area (Å²) in [6.45, 7) is 9.62. The van der Waals surface area contributed by atoms with E-state index in [-0.39, 0.29) is 24.0 Å². The van der Waals surface area contributed by atoms with Crippen molar-refractivity contribution in [3.05, 3.63) is 0 Å². The summed E-state index contributed by atoms with van der Waals surface area (Å²) in [5.74, 6) is -0.353. The number of ether oxygens (including phenoxy) is 2. The third kappa shape index (κ3) is 5.77. The number of methoxy groups -OCH3 is 1. The second kappa shape index (κ2) is 6.92. The van der Waals surface area contributed by atoms with Gasteiger partial charge in [0.1, 0.15) is 5.60 Å². The first-order valence-electron chi connectivity index (χ1n) is 7.01. The molecule has 6 heteroatoms. The van der Waals surface area contributed by atoms with Crippen molar-refractivity contribution in [1.29, 1.82) is 0 Å². The van der Waals surface area contributed by atoms with Gasteiger partial charge < -0.3 is 19.7 Å². The van der Waals surface area contributed by atoms with Gasteiger partial charge in [0.2, 0.25) is 0 Å². The molecule has 6 nitrogen and oxygen atoms in total. The second-order valence-electron chi connectivity index (χ2n) is 6.32. The molecular formula is C14H26N2O4. The van der Waals surface area contributed by atoms with E-state index in [1.807, 2.05) is 27.7 Å². The Labute approximate surface area is 120 Å². The maximum atomic E-state index is 11.7. The molecule has 1 amide bonds. The molecule has 0 aromatic carbocycles. The lowest BCUT2D eigenvalue weighted by molar-refractivity contribution is -0.145. The van der Waals surface area contributed by atoms with Crippen LogP contribution >= 0.6 is 0 Å². The lowest BCUT2D eigenvalue weighted by Gasteiger charge is -2.22. The van der Waals surface area contributed by atoms with Crippen molar-refractivity contribution < 1.29 is 19.1 Å². The maximum absolute atomic E-state index is 11.7. The molecule has 0 aliphatic carbocycles. The average molecular weight is 286 g/mol. The molecule has 1 heterocycles. The third-order valence-corrected chi connectivity index (χ3v) is 3.13. The number of carbonyl (C=O) groups is 2. The Hall–Kier alpha value is -1.30. The van der Waals surface area contributed by atoms with Gasteiger partial charge in [-0.2, -0.15) is 0 Å². The van der Waals surface area contributed by atoms with E-state index < -0.39 is 5.60 Å². The van der Waals surface area contributed by atoms with Gasteiger partial charge in [0.25, 0.3) is 0 Å². The number of hydrogen-bond acceptors (Lipinski definition) is 5. The van der Waals surface area contributed by atoms with Crippen LogP contribution in [0.4, 0.5) is 4.79 Å². The van der Waals surface area contributed by atoms with Gasteiger partial charge in [-0.05, 0) is 27.2 Å². The van der Waals surface area contributed by atoms with Crippen LogP contribution in [-0.2, 0) is 14.3 Å². The molecule has 2 atom stereocenters. The van der Waals surface area contributed by atoms with Crippen molar-refractivity contribution in [2.75, 3.05) is 26.7 Å². The average Bonchev–Trinajstić information content (AvgIpc) is 2.72. The normalized spacial score (nSPS) is 21.4. The molecule has 1 aliphatic heterocycles. The number of hydrogen-bond donors (Lipinski definition) is 1. The van der Waals surface area contributed by atoms with Crippen molar-refractivity contribution >= 4 is 12.1 Å². The van der Waals surface area contributed by atoms with E-state index in [0.29, 0.717) is 6.54 Å². The molecule has 1 saturated heterocycles. The fourth-order valence-electron chi connectivity index (χ4n) is 2.25. The smallest absolute Gasteiger partial charge is 0.407 e. The van der Waals surface area contributed by atoms with Gasteiger partial charge in [-0.25, -0.2) is 4.79 Å². The van der Waals surface area contributed by atoms with Crippen LogP contribution in [-0.4, -0.2) is 55.3 Å². The number of alkyl carbamates (subject to hydrolysis) is 1. The van der Waals surface area contributed by atoms with Crippen LogP contribution in [0.5, 0.6) is 0 Å². The molecule has 0 aromatic rings. The van der Waals surface area contributed by atoms with Crippen molar-refractivity contribution in [3.63, 3.8) is 0 Å². The monoisotopic (exact) mass is 286 g/mol. The zero-order valence-corrected chi connectivity index (χ0v) is 13.1. The third-order valence-electron chi connectivity index (χ3n) is 3.13. The van der Waals surface area contributed by atoms with E-state index in [1.165, 1.54) is 7.11 Å². The number of amides is 1. The number of nitrogens with one attached hydrogen (secondary N) is 1. The van der Waals surface area contributed by atoms with E-state index in [9.17, 15) is 9.59 Å². The van der Waals surface area contributed by atoms with Crippen LogP contribution in [0.15, 0.2) is 0 Å². The highest BCUT2D eigenvalue weighted by Gasteiger charge is 2.28. The van der Waals surface area contributed by atoms with Crippen LogP contribution in [0, 0.1) is 5.92 Å². The van der Waals surface area contributed by atoms with E-state index in [1.54, 1.807) is 0 Å². The molecule has 0 aromatic heterocycles. The van der Waals surface area contributed by atoms with Crippen LogP contribution in [0.25, 0.3) is 0 Å². The van der Waals surface area contributed by atoms with E-state index in [0.717, 1.165) is 19.5 Å². The molecule has 20 heavy (non-hydrogen) atoms. The van der Waals surface area contributed by atoms with E-state index in [2.05, 4.69) is 10.2 Å². The van der Waals surface area contributed by atoms with Gasteiger partial charge in [0.15, 0.2) is 0 Å². The van der Waals surface area contributed by atoms with Crippen molar-refractivity contribution in [2.45, 2.75) is 45.8 Å². The van der Waals surface area contributed by atoms with Crippen LogP contribution < -0.4 is 5.32 Å². The quantitative estimate of drug-likeness (QED) is 0.791. The molecule has 1 rings (SSSR count). The Balaban J connectivity index is 2.33. The van der Waals surface area contributed by atoms with Gasteiger partial charge >= 0.3 is 12.1 Å². The minimum absolute atomic E-state index is 0.0784. The predicted octanol–water partition coefficient (Wildman–Crippen LogP) is 1.39. The number of rotatable bonds is 4.